The van der Waals surface area contributed by atoms with Gasteiger partial charge in [0.2, 0.25) is 0 Å². The maximum Gasteiger partial charge on any atom is 0.338 e. The lowest BCUT2D eigenvalue weighted by Gasteiger charge is -2.19. The summed E-state index contributed by atoms with van der Waals surface area (Å²) in [5.41, 5.74) is 4.20. The van der Waals surface area contributed by atoms with Crippen LogP contribution in [0, 0.1) is 0 Å². The quantitative estimate of drug-likeness (QED) is 0.623. The first-order chi connectivity index (χ1) is 12.9. The molecule has 4 heteroatoms. The lowest BCUT2D eigenvalue weighted by Crippen LogP contribution is -2.12. The monoisotopic (exact) mass is 362 g/mol. The topological polar surface area (TPSA) is 44.1 Å². The Morgan fingerprint density at radius 3 is 2.44 bits per heavy atom. The van der Waals surface area contributed by atoms with Crippen molar-refractivity contribution in [1.82, 2.24) is 9.55 Å². The number of hydrogen-bond acceptors (Lipinski definition) is 3. The Kier molecular flexibility index (Phi) is 5.45. The highest BCUT2D eigenvalue weighted by molar-refractivity contribution is 5.90. The number of esters is 1. The zero-order valence-electron chi connectivity index (χ0n) is 16.4. The van der Waals surface area contributed by atoms with Crippen molar-refractivity contribution in [1.29, 1.82) is 0 Å². The van der Waals surface area contributed by atoms with E-state index in [1.807, 2.05) is 24.4 Å². The summed E-state index contributed by atoms with van der Waals surface area (Å²) in [4.78, 5) is 16.5. The molecule has 3 rings (SSSR count). The van der Waals surface area contributed by atoms with Crippen molar-refractivity contribution < 1.29 is 9.53 Å². The summed E-state index contributed by atoms with van der Waals surface area (Å²) >= 11 is 0. The predicted octanol–water partition coefficient (Wildman–Crippen LogP) is 4.61. The van der Waals surface area contributed by atoms with Crippen LogP contribution in [0.15, 0.2) is 60.9 Å². The van der Waals surface area contributed by atoms with Crippen LogP contribution in [0.4, 0.5) is 0 Å². The summed E-state index contributed by atoms with van der Waals surface area (Å²) in [7, 11) is 1.41. The van der Waals surface area contributed by atoms with Gasteiger partial charge in [-0.1, -0.05) is 63.2 Å². The Bertz CT molecular complexity index is 918. The molecule has 0 fully saturated rings. The van der Waals surface area contributed by atoms with Crippen LogP contribution in [-0.2, 0) is 23.1 Å². The first kappa shape index (κ1) is 18.9. The van der Waals surface area contributed by atoms with Crippen molar-refractivity contribution in [3.05, 3.63) is 89.0 Å². The van der Waals surface area contributed by atoms with E-state index in [4.69, 9.17) is 4.74 Å². The third-order valence-electron chi connectivity index (χ3n) is 4.75. The van der Waals surface area contributed by atoms with Gasteiger partial charge in [0.05, 0.1) is 12.7 Å². The van der Waals surface area contributed by atoms with Crippen molar-refractivity contribution in [2.24, 2.45) is 0 Å². The molecular formula is C23H26N2O2. The maximum atomic E-state index is 12.0. The van der Waals surface area contributed by atoms with Gasteiger partial charge in [-0.25, -0.2) is 9.78 Å². The molecule has 0 spiro atoms. The van der Waals surface area contributed by atoms with Gasteiger partial charge in [-0.15, -0.1) is 0 Å². The number of methoxy groups -OCH3 is 1. The van der Waals surface area contributed by atoms with Gasteiger partial charge in [-0.3, -0.25) is 0 Å². The molecule has 27 heavy (non-hydrogen) atoms. The summed E-state index contributed by atoms with van der Waals surface area (Å²) in [5, 5.41) is 0. The molecule has 0 atom stereocenters. The molecule has 0 aliphatic carbocycles. The molecule has 0 saturated carbocycles. The fraction of sp³-hybridized carbons (Fsp3) is 0.304. The number of ether oxygens (including phenoxy) is 1. The van der Waals surface area contributed by atoms with E-state index in [9.17, 15) is 4.79 Å². The third kappa shape index (κ3) is 4.45. The van der Waals surface area contributed by atoms with E-state index in [-0.39, 0.29) is 11.4 Å². The van der Waals surface area contributed by atoms with Crippen LogP contribution in [-0.4, -0.2) is 22.6 Å². The number of nitrogens with zero attached hydrogens (tertiary/aromatic N) is 2. The zero-order valence-corrected chi connectivity index (χ0v) is 16.4. The number of hydrogen-bond donors (Lipinski definition) is 0. The highest BCUT2D eigenvalue weighted by atomic mass is 16.5. The molecule has 0 unspecified atom stereocenters. The Labute approximate surface area is 160 Å². The van der Waals surface area contributed by atoms with Gasteiger partial charge in [0, 0.05) is 25.4 Å². The predicted molar refractivity (Wildman–Crippen MR) is 107 cm³/mol. The minimum absolute atomic E-state index is 0.147. The Hall–Kier alpha value is -2.88. The first-order valence-corrected chi connectivity index (χ1v) is 9.14. The molecule has 3 aromatic rings. The summed E-state index contributed by atoms with van der Waals surface area (Å²) in [6.07, 6.45) is 4.50. The van der Waals surface area contributed by atoms with Gasteiger partial charge in [0.1, 0.15) is 5.82 Å². The number of carbonyl (C=O) groups is 1. The van der Waals surface area contributed by atoms with Crippen LogP contribution >= 0.6 is 0 Å². The van der Waals surface area contributed by atoms with Crippen LogP contribution in [0.3, 0.4) is 0 Å². The van der Waals surface area contributed by atoms with Crippen molar-refractivity contribution in [2.45, 2.75) is 39.2 Å². The number of benzene rings is 2. The second kappa shape index (κ2) is 7.78. The molecule has 0 aliphatic rings. The molecule has 2 aromatic carbocycles. The summed E-state index contributed by atoms with van der Waals surface area (Å²) < 4.78 is 6.98. The normalized spacial score (nSPS) is 11.4. The maximum absolute atomic E-state index is 12.0. The molecule has 0 amide bonds. The number of imidazole rings is 1. The summed E-state index contributed by atoms with van der Waals surface area (Å²) in [5.74, 6) is 0.656. The van der Waals surface area contributed by atoms with Gasteiger partial charge in [0.15, 0.2) is 0 Å². The molecule has 140 valence electrons. The Balaban J connectivity index is 1.80. The van der Waals surface area contributed by atoms with Crippen molar-refractivity contribution >= 4 is 5.97 Å². The lowest BCUT2D eigenvalue weighted by molar-refractivity contribution is 0.0599. The minimum atomic E-state index is -0.315. The molecule has 0 aliphatic heterocycles. The van der Waals surface area contributed by atoms with E-state index < -0.39 is 0 Å². The van der Waals surface area contributed by atoms with Gasteiger partial charge in [-0.2, -0.15) is 0 Å². The fourth-order valence-corrected chi connectivity index (χ4v) is 3.11. The number of aromatic nitrogens is 2. The highest BCUT2D eigenvalue weighted by Gasteiger charge is 2.15. The first-order valence-electron chi connectivity index (χ1n) is 9.14. The Morgan fingerprint density at radius 1 is 1.07 bits per heavy atom. The molecule has 1 heterocycles. The van der Waals surface area contributed by atoms with Crippen molar-refractivity contribution in [3.8, 4) is 0 Å². The largest absolute Gasteiger partial charge is 0.465 e. The van der Waals surface area contributed by atoms with E-state index in [1.54, 1.807) is 12.3 Å². The SMILES string of the molecule is COC(=O)c1ccccc1Cn1ccnc1Cc1ccc(C(C)(C)C)cc1. The van der Waals surface area contributed by atoms with E-state index in [1.165, 1.54) is 18.2 Å². The van der Waals surface area contributed by atoms with Crippen molar-refractivity contribution in [3.63, 3.8) is 0 Å². The molecule has 0 bridgehead atoms. The molecule has 0 saturated heterocycles. The van der Waals surface area contributed by atoms with E-state index in [0.717, 1.165) is 17.8 Å². The molecule has 4 nitrogen and oxygen atoms in total. The lowest BCUT2D eigenvalue weighted by atomic mass is 9.86. The zero-order chi connectivity index (χ0) is 19.4. The van der Waals surface area contributed by atoms with Crippen LogP contribution in [0.2, 0.25) is 0 Å². The van der Waals surface area contributed by atoms with E-state index in [2.05, 4.69) is 54.6 Å². The number of rotatable bonds is 5. The molecular weight excluding hydrogens is 336 g/mol. The van der Waals surface area contributed by atoms with Crippen LogP contribution < -0.4 is 0 Å². The third-order valence-corrected chi connectivity index (χ3v) is 4.75. The fourth-order valence-electron chi connectivity index (χ4n) is 3.11. The second-order valence-electron chi connectivity index (χ2n) is 7.74. The molecule has 0 N–H and O–H groups in total. The average Bonchev–Trinajstić information content (AvgIpc) is 3.08. The average molecular weight is 362 g/mol. The highest BCUT2D eigenvalue weighted by Crippen LogP contribution is 2.23. The minimum Gasteiger partial charge on any atom is -0.465 e. The summed E-state index contributed by atoms with van der Waals surface area (Å²) in [6.45, 7) is 7.23. The molecule has 1 aromatic heterocycles. The second-order valence-corrected chi connectivity index (χ2v) is 7.74. The van der Waals surface area contributed by atoms with Crippen LogP contribution in [0.5, 0.6) is 0 Å². The van der Waals surface area contributed by atoms with Gasteiger partial charge in [0.25, 0.3) is 0 Å². The summed E-state index contributed by atoms with van der Waals surface area (Å²) in [6, 6.07) is 16.2. The Morgan fingerprint density at radius 2 is 1.78 bits per heavy atom. The van der Waals surface area contributed by atoms with Gasteiger partial charge >= 0.3 is 5.97 Å². The van der Waals surface area contributed by atoms with Gasteiger partial charge in [-0.05, 0) is 28.2 Å². The van der Waals surface area contributed by atoms with E-state index in [0.29, 0.717) is 12.1 Å². The number of carbonyl (C=O) groups excluding carboxylic acids is 1. The van der Waals surface area contributed by atoms with Gasteiger partial charge < -0.3 is 9.30 Å². The van der Waals surface area contributed by atoms with E-state index >= 15 is 0 Å². The standard InChI is InChI=1S/C23H26N2O2/c1-23(2,3)19-11-9-17(10-12-19)15-21-24-13-14-25(21)16-18-7-5-6-8-20(18)22(26)27-4/h5-14H,15-16H2,1-4H3. The smallest absolute Gasteiger partial charge is 0.338 e. The van der Waals surface area contributed by atoms with Crippen LogP contribution in [0.1, 0.15) is 53.6 Å². The molecule has 0 radical (unpaired) electrons. The van der Waals surface area contributed by atoms with Crippen molar-refractivity contribution in [2.75, 3.05) is 7.11 Å². The van der Waals surface area contributed by atoms with Crippen LogP contribution in [0.25, 0.3) is 0 Å².